The van der Waals surface area contributed by atoms with Crippen molar-refractivity contribution in [2.75, 3.05) is 13.1 Å². The van der Waals surface area contributed by atoms with E-state index >= 15 is 0 Å². The van der Waals surface area contributed by atoms with Gasteiger partial charge >= 0.3 is 0 Å². The van der Waals surface area contributed by atoms with Gasteiger partial charge in [-0.15, -0.1) is 11.3 Å². The van der Waals surface area contributed by atoms with Gasteiger partial charge in [0.15, 0.2) is 0 Å². The van der Waals surface area contributed by atoms with E-state index in [0.29, 0.717) is 12.6 Å². The zero-order chi connectivity index (χ0) is 16.4. The number of nitrogens with zero attached hydrogens (tertiary/aromatic N) is 2. The molecule has 4 rings (SSSR count). The Morgan fingerprint density at radius 1 is 1.29 bits per heavy atom. The van der Waals surface area contributed by atoms with Crippen molar-refractivity contribution in [3.8, 4) is 0 Å². The largest absolute Gasteiger partial charge is 0.350 e. The maximum absolute atomic E-state index is 12.5. The van der Waals surface area contributed by atoms with Crippen molar-refractivity contribution in [3.05, 3.63) is 65.3 Å². The molecule has 1 aliphatic heterocycles. The van der Waals surface area contributed by atoms with Crippen LogP contribution in [0.25, 0.3) is 10.1 Å². The Balaban J connectivity index is 1.36. The Kier molecular flexibility index (Phi) is 4.28. The predicted molar refractivity (Wildman–Crippen MR) is 97.2 cm³/mol. The molecule has 2 aromatic heterocycles. The van der Waals surface area contributed by atoms with E-state index in [0.717, 1.165) is 35.2 Å². The van der Waals surface area contributed by atoms with Crippen LogP contribution in [0.15, 0.2) is 54.2 Å². The third-order valence-corrected chi connectivity index (χ3v) is 5.56. The molecule has 1 N–H and O–H groups in total. The number of rotatable bonds is 5. The molecule has 24 heavy (non-hydrogen) atoms. The molecule has 1 fully saturated rings. The quantitative estimate of drug-likeness (QED) is 0.777. The van der Waals surface area contributed by atoms with Crippen molar-refractivity contribution in [1.82, 2.24) is 15.2 Å². The molecule has 0 aliphatic carbocycles. The number of hydrogen-bond acceptors (Lipinski definition) is 4. The van der Waals surface area contributed by atoms with E-state index in [-0.39, 0.29) is 5.91 Å². The highest BCUT2D eigenvalue weighted by Crippen LogP contribution is 2.26. The van der Waals surface area contributed by atoms with Gasteiger partial charge < -0.3 is 5.32 Å². The summed E-state index contributed by atoms with van der Waals surface area (Å²) in [5.41, 5.74) is 2.01. The van der Waals surface area contributed by atoms with Crippen LogP contribution in [0.2, 0.25) is 0 Å². The summed E-state index contributed by atoms with van der Waals surface area (Å²) in [5.74, 6) is 0.0284. The van der Waals surface area contributed by atoms with Crippen molar-refractivity contribution in [1.29, 1.82) is 0 Å². The van der Waals surface area contributed by atoms with E-state index in [1.807, 2.05) is 35.8 Å². The molecule has 3 heterocycles. The Labute approximate surface area is 145 Å². The molecule has 0 saturated carbocycles. The monoisotopic (exact) mass is 337 g/mol. The maximum Gasteiger partial charge on any atom is 0.252 e. The van der Waals surface area contributed by atoms with Crippen molar-refractivity contribution < 1.29 is 4.79 Å². The zero-order valence-electron chi connectivity index (χ0n) is 13.3. The summed E-state index contributed by atoms with van der Waals surface area (Å²) in [5, 5.41) is 6.10. The van der Waals surface area contributed by atoms with Crippen LogP contribution in [-0.4, -0.2) is 34.9 Å². The number of carbonyl (C=O) groups is 1. The lowest BCUT2D eigenvalue weighted by atomic mass is 10.0. The Bertz CT molecular complexity index is 846. The zero-order valence-corrected chi connectivity index (χ0v) is 14.1. The van der Waals surface area contributed by atoms with Gasteiger partial charge in [-0.1, -0.05) is 24.3 Å². The minimum Gasteiger partial charge on any atom is -0.350 e. The van der Waals surface area contributed by atoms with E-state index in [9.17, 15) is 4.79 Å². The molecule has 122 valence electrons. The number of likely N-dealkylation sites (tertiary alicyclic amines) is 1. The first-order chi connectivity index (χ1) is 11.8. The van der Waals surface area contributed by atoms with Crippen LogP contribution < -0.4 is 5.32 Å². The molecule has 4 nitrogen and oxygen atoms in total. The number of amides is 1. The average molecular weight is 337 g/mol. The molecule has 1 unspecified atom stereocenters. The number of aromatic nitrogens is 1. The summed E-state index contributed by atoms with van der Waals surface area (Å²) in [7, 11) is 0. The summed E-state index contributed by atoms with van der Waals surface area (Å²) in [6.45, 7) is 2.68. The predicted octanol–water partition coefficient (Wildman–Crippen LogP) is 3.30. The molecule has 0 radical (unpaired) electrons. The van der Waals surface area contributed by atoms with Crippen LogP contribution in [0.5, 0.6) is 0 Å². The van der Waals surface area contributed by atoms with Gasteiger partial charge in [0.1, 0.15) is 0 Å². The number of thiophene rings is 1. The molecule has 1 aromatic carbocycles. The highest BCUT2D eigenvalue weighted by Gasteiger charge is 2.28. The molecular weight excluding hydrogens is 318 g/mol. The highest BCUT2D eigenvalue weighted by molar-refractivity contribution is 7.17. The van der Waals surface area contributed by atoms with Gasteiger partial charge in [0.2, 0.25) is 0 Å². The normalized spacial score (nSPS) is 17.6. The second-order valence-corrected chi connectivity index (χ2v) is 7.04. The van der Waals surface area contributed by atoms with Crippen LogP contribution in [0.3, 0.4) is 0 Å². The number of carbonyl (C=O) groups excluding carboxylic acids is 1. The second-order valence-electron chi connectivity index (χ2n) is 6.13. The highest BCUT2D eigenvalue weighted by atomic mass is 32.1. The van der Waals surface area contributed by atoms with E-state index in [2.05, 4.69) is 27.3 Å². The Hall–Kier alpha value is -2.24. The van der Waals surface area contributed by atoms with Crippen LogP contribution >= 0.6 is 11.3 Å². The maximum atomic E-state index is 12.5. The van der Waals surface area contributed by atoms with Crippen molar-refractivity contribution in [2.24, 2.45) is 0 Å². The van der Waals surface area contributed by atoms with Crippen molar-refractivity contribution >= 4 is 27.3 Å². The first-order valence-corrected chi connectivity index (χ1v) is 9.06. The third-order valence-electron chi connectivity index (χ3n) is 4.60. The second kappa shape index (κ2) is 6.71. The van der Waals surface area contributed by atoms with Crippen LogP contribution in [0.1, 0.15) is 22.3 Å². The van der Waals surface area contributed by atoms with E-state index in [1.54, 1.807) is 17.5 Å². The summed E-state index contributed by atoms with van der Waals surface area (Å²) >= 11 is 1.62. The van der Waals surface area contributed by atoms with E-state index in [4.69, 9.17) is 0 Å². The molecule has 3 aromatic rings. The molecule has 1 aliphatic rings. The SMILES string of the molecule is O=C(NCC1CCN1Cc1cccnc1)c1csc2ccccc12. The molecule has 1 amide bonds. The summed E-state index contributed by atoms with van der Waals surface area (Å²) in [6.07, 6.45) is 4.83. The van der Waals surface area contributed by atoms with Gasteiger partial charge in [-0.3, -0.25) is 14.7 Å². The fourth-order valence-electron chi connectivity index (χ4n) is 3.12. The lowest BCUT2D eigenvalue weighted by molar-refractivity contribution is 0.0732. The minimum absolute atomic E-state index is 0.0284. The van der Waals surface area contributed by atoms with Crippen molar-refractivity contribution in [2.45, 2.75) is 19.0 Å². The Morgan fingerprint density at radius 2 is 2.21 bits per heavy atom. The minimum atomic E-state index is 0.0284. The molecule has 1 atom stereocenters. The lowest BCUT2D eigenvalue weighted by Crippen LogP contribution is -2.52. The van der Waals surface area contributed by atoms with Crippen LogP contribution in [0, 0.1) is 0 Å². The van der Waals surface area contributed by atoms with E-state index < -0.39 is 0 Å². The van der Waals surface area contributed by atoms with Gasteiger partial charge in [-0.05, 0) is 24.1 Å². The molecule has 0 bridgehead atoms. The molecule has 0 spiro atoms. The van der Waals surface area contributed by atoms with Crippen LogP contribution in [-0.2, 0) is 6.54 Å². The van der Waals surface area contributed by atoms with Gasteiger partial charge in [0.05, 0.1) is 5.56 Å². The van der Waals surface area contributed by atoms with Gasteiger partial charge in [-0.25, -0.2) is 0 Å². The summed E-state index contributed by atoms with van der Waals surface area (Å²) < 4.78 is 1.16. The fraction of sp³-hybridized carbons (Fsp3) is 0.263. The number of pyridine rings is 1. The van der Waals surface area contributed by atoms with Gasteiger partial charge in [0.25, 0.3) is 5.91 Å². The number of hydrogen-bond donors (Lipinski definition) is 1. The van der Waals surface area contributed by atoms with Crippen LogP contribution in [0.4, 0.5) is 0 Å². The molecular formula is C19H19N3OS. The molecule has 1 saturated heterocycles. The smallest absolute Gasteiger partial charge is 0.252 e. The van der Waals surface area contributed by atoms with E-state index in [1.165, 1.54) is 5.56 Å². The fourth-order valence-corrected chi connectivity index (χ4v) is 4.06. The number of fused-ring (bicyclic) bond motifs is 1. The summed E-state index contributed by atoms with van der Waals surface area (Å²) in [6, 6.07) is 12.5. The summed E-state index contributed by atoms with van der Waals surface area (Å²) in [4.78, 5) is 19.1. The third kappa shape index (κ3) is 3.05. The average Bonchev–Trinajstić information content (AvgIpc) is 3.04. The number of nitrogens with one attached hydrogen (secondary N) is 1. The first kappa shape index (κ1) is 15.3. The van der Waals surface area contributed by atoms with Crippen molar-refractivity contribution in [3.63, 3.8) is 0 Å². The number of benzene rings is 1. The lowest BCUT2D eigenvalue weighted by Gasteiger charge is -2.41. The van der Waals surface area contributed by atoms with Gasteiger partial charge in [0, 0.05) is 53.5 Å². The topological polar surface area (TPSA) is 45.2 Å². The molecule has 5 heteroatoms. The Morgan fingerprint density at radius 3 is 3.00 bits per heavy atom. The standard InChI is InChI=1S/C19H19N3OS/c23-19(17-13-24-18-6-2-1-5-16(17)18)21-11-15-7-9-22(15)12-14-4-3-8-20-10-14/h1-6,8,10,13,15H,7,9,11-12H2,(H,21,23). The first-order valence-electron chi connectivity index (χ1n) is 8.18. The van der Waals surface area contributed by atoms with Gasteiger partial charge in [-0.2, -0.15) is 0 Å².